The van der Waals surface area contributed by atoms with Crippen LogP contribution in [0.3, 0.4) is 0 Å². The van der Waals surface area contributed by atoms with Gasteiger partial charge in [-0.3, -0.25) is 4.79 Å². The van der Waals surface area contributed by atoms with E-state index in [1.165, 1.54) is 28.0 Å². The lowest BCUT2D eigenvalue weighted by atomic mass is 10.2. The normalized spacial score (nSPS) is 16.2. The molecule has 1 aliphatic rings. The van der Waals surface area contributed by atoms with E-state index in [0.717, 1.165) is 12.0 Å². The van der Waals surface area contributed by atoms with Crippen molar-refractivity contribution in [3.8, 4) is 0 Å². The van der Waals surface area contributed by atoms with Crippen LogP contribution in [0.5, 0.6) is 0 Å². The third kappa shape index (κ3) is 3.98. The van der Waals surface area contributed by atoms with Gasteiger partial charge >= 0.3 is 0 Å². The molecule has 0 saturated carbocycles. The molecule has 5 rings (SSSR count). The lowest BCUT2D eigenvalue weighted by Gasteiger charge is -2.32. The molecule has 0 aromatic heterocycles. The van der Waals surface area contributed by atoms with Gasteiger partial charge in [0.1, 0.15) is 29.0 Å². The number of rotatable bonds is 6. The topological polar surface area (TPSA) is 20.3 Å². The molecule has 33 heavy (non-hydrogen) atoms. The molecule has 0 unspecified atom stereocenters. The largest absolute Gasteiger partial charge is 0.335 e. The van der Waals surface area contributed by atoms with Gasteiger partial charge in [-0.05, 0) is 54.1 Å². The second-order valence-electron chi connectivity index (χ2n) is 8.42. The summed E-state index contributed by atoms with van der Waals surface area (Å²) in [5.74, 6) is -0.112. The van der Waals surface area contributed by atoms with Crippen molar-refractivity contribution in [3.63, 3.8) is 0 Å². The van der Waals surface area contributed by atoms with Gasteiger partial charge in [0.2, 0.25) is 0 Å². The van der Waals surface area contributed by atoms with Gasteiger partial charge in [0.05, 0.1) is 0 Å². The predicted octanol–water partition coefficient (Wildman–Crippen LogP) is 4.92. The fourth-order valence-corrected chi connectivity index (χ4v) is 9.97. The Morgan fingerprint density at radius 1 is 0.727 bits per heavy atom. The molecule has 0 N–H and O–H groups in total. The van der Waals surface area contributed by atoms with Crippen LogP contribution in [0.2, 0.25) is 0 Å². The molecule has 0 aliphatic carbocycles. The van der Waals surface area contributed by atoms with Gasteiger partial charge in [-0.1, -0.05) is 66.7 Å². The number of hydrogen-bond acceptors (Lipinski definition) is 1. The van der Waals surface area contributed by atoms with Crippen LogP contribution in [0, 0.1) is 5.82 Å². The van der Waals surface area contributed by atoms with Gasteiger partial charge < -0.3 is 4.90 Å². The number of halogens is 1. The van der Waals surface area contributed by atoms with Gasteiger partial charge in [-0.15, -0.1) is 0 Å². The van der Waals surface area contributed by atoms with Crippen LogP contribution in [0.15, 0.2) is 115 Å². The second-order valence-corrected chi connectivity index (χ2v) is 12.0. The molecule has 1 atom stereocenters. The number of likely N-dealkylation sites (tertiary alicyclic amines) is 1. The summed E-state index contributed by atoms with van der Waals surface area (Å²) in [7, 11) is -2.27. The maximum absolute atomic E-state index is 14.0. The summed E-state index contributed by atoms with van der Waals surface area (Å²) in [6, 6.07) is 38.1. The number of benzene rings is 4. The Labute approximate surface area is 195 Å². The zero-order chi connectivity index (χ0) is 22.7. The Morgan fingerprint density at radius 3 is 1.73 bits per heavy atom. The monoisotopic (exact) mass is 454 g/mol. The summed E-state index contributed by atoms with van der Waals surface area (Å²) in [4.78, 5) is 15.9. The van der Waals surface area contributed by atoms with Gasteiger partial charge in [-0.2, -0.15) is 0 Å². The summed E-state index contributed by atoms with van der Waals surface area (Å²) >= 11 is 0. The van der Waals surface area contributed by atoms with Crippen LogP contribution in [-0.4, -0.2) is 23.0 Å². The highest BCUT2D eigenvalue weighted by atomic mass is 31.2. The van der Waals surface area contributed by atoms with Gasteiger partial charge in [0, 0.05) is 19.5 Å². The average molecular weight is 455 g/mol. The molecule has 1 fully saturated rings. The van der Waals surface area contributed by atoms with E-state index in [4.69, 9.17) is 0 Å². The molecule has 0 spiro atoms. The van der Waals surface area contributed by atoms with Crippen molar-refractivity contribution in [1.82, 2.24) is 4.90 Å². The van der Waals surface area contributed by atoms with E-state index in [1.54, 1.807) is 6.07 Å². The van der Waals surface area contributed by atoms with Crippen molar-refractivity contribution < 1.29 is 9.18 Å². The molecule has 4 heteroatoms. The molecule has 1 saturated heterocycles. The minimum Gasteiger partial charge on any atom is -0.335 e. The highest BCUT2D eigenvalue weighted by Crippen LogP contribution is 2.62. The van der Waals surface area contributed by atoms with Crippen LogP contribution < -0.4 is 15.9 Å². The molecule has 0 bridgehead atoms. The standard InChI is InChI=1S/C29H26FNOP/c30-24-12-10-11-23(21-24)22-31-20-19-28(29(31)32)33(25-13-4-1-5-14-25,26-15-6-2-7-16-26)27-17-8-3-9-18-27/h1-18,21,28H,19-20,22H2/q+1/t28-/m1/s1. The number of nitrogens with zero attached hydrogens (tertiary/aromatic N) is 1. The third-order valence-corrected chi connectivity index (χ3v) is 11.2. The first-order valence-corrected chi connectivity index (χ1v) is 13.1. The van der Waals surface area contributed by atoms with Gasteiger partial charge in [0.25, 0.3) is 5.91 Å². The number of amides is 1. The number of carbonyl (C=O) groups excluding carboxylic acids is 1. The Balaban J connectivity index is 1.64. The fraction of sp³-hybridized carbons (Fsp3) is 0.138. The number of carbonyl (C=O) groups is 1. The van der Waals surface area contributed by atoms with Crippen LogP contribution in [0.1, 0.15) is 12.0 Å². The molecular weight excluding hydrogens is 428 g/mol. The average Bonchev–Trinajstić information content (AvgIpc) is 3.22. The van der Waals surface area contributed by atoms with Gasteiger partial charge in [-0.25, -0.2) is 4.39 Å². The van der Waals surface area contributed by atoms with Crippen molar-refractivity contribution in [2.24, 2.45) is 0 Å². The number of hydrogen-bond donors (Lipinski definition) is 0. The Kier molecular flexibility index (Phi) is 6.07. The minimum absolute atomic E-state index is 0.154. The minimum atomic E-state index is -2.27. The molecular formula is C29H26FNOP+. The van der Waals surface area contributed by atoms with E-state index in [1.807, 2.05) is 29.2 Å². The first-order chi connectivity index (χ1) is 16.2. The maximum Gasteiger partial charge on any atom is 0.264 e. The second kappa shape index (κ2) is 9.29. The van der Waals surface area contributed by atoms with E-state index >= 15 is 0 Å². The summed E-state index contributed by atoms with van der Waals surface area (Å²) < 4.78 is 13.8. The van der Waals surface area contributed by atoms with Crippen molar-refractivity contribution in [1.29, 1.82) is 0 Å². The first kappa shape index (κ1) is 21.6. The summed E-state index contributed by atoms with van der Waals surface area (Å²) in [6.45, 7) is 1.11. The highest BCUT2D eigenvalue weighted by Gasteiger charge is 2.58. The molecule has 4 aromatic rings. The molecule has 1 heterocycles. The maximum atomic E-state index is 14.0. The van der Waals surface area contributed by atoms with Crippen LogP contribution in [-0.2, 0) is 11.3 Å². The quantitative estimate of drug-likeness (QED) is 0.379. The third-order valence-electron chi connectivity index (χ3n) is 6.49. The molecule has 1 amide bonds. The van der Waals surface area contributed by atoms with E-state index in [9.17, 15) is 9.18 Å². The zero-order valence-electron chi connectivity index (χ0n) is 18.3. The SMILES string of the molecule is O=C1[C@H]([P+](c2ccccc2)(c2ccccc2)c2ccccc2)CCN1Cc1cccc(F)c1. The van der Waals surface area contributed by atoms with E-state index in [-0.39, 0.29) is 17.4 Å². The molecule has 4 aromatic carbocycles. The summed E-state index contributed by atoms with van der Waals surface area (Å²) in [6.07, 6.45) is 0.778. The Morgan fingerprint density at radius 2 is 1.24 bits per heavy atom. The van der Waals surface area contributed by atoms with E-state index in [0.29, 0.717) is 13.1 Å². The predicted molar refractivity (Wildman–Crippen MR) is 135 cm³/mol. The smallest absolute Gasteiger partial charge is 0.264 e. The molecule has 1 aliphatic heterocycles. The highest BCUT2D eigenvalue weighted by molar-refractivity contribution is 7.96. The molecule has 164 valence electrons. The lowest BCUT2D eigenvalue weighted by molar-refractivity contribution is -0.127. The van der Waals surface area contributed by atoms with E-state index < -0.39 is 7.26 Å². The Hall–Kier alpha value is -3.29. The van der Waals surface area contributed by atoms with E-state index in [2.05, 4.69) is 72.8 Å². The Bertz CT molecular complexity index is 1130. The summed E-state index contributed by atoms with van der Waals surface area (Å²) in [5, 5.41) is 3.65. The van der Waals surface area contributed by atoms with Gasteiger partial charge in [0.15, 0.2) is 5.66 Å². The van der Waals surface area contributed by atoms with Crippen molar-refractivity contribution in [3.05, 3.63) is 127 Å². The molecule has 0 radical (unpaired) electrons. The zero-order valence-corrected chi connectivity index (χ0v) is 19.2. The molecule has 2 nitrogen and oxygen atoms in total. The van der Waals surface area contributed by atoms with Crippen LogP contribution >= 0.6 is 7.26 Å². The lowest BCUT2D eigenvalue weighted by Crippen LogP contribution is -2.42. The van der Waals surface area contributed by atoms with Crippen molar-refractivity contribution in [2.75, 3.05) is 6.54 Å². The van der Waals surface area contributed by atoms with Crippen LogP contribution in [0.4, 0.5) is 4.39 Å². The fourth-order valence-electron chi connectivity index (χ4n) is 5.07. The first-order valence-electron chi connectivity index (χ1n) is 11.3. The van der Waals surface area contributed by atoms with Crippen LogP contribution in [0.25, 0.3) is 0 Å². The summed E-state index contributed by atoms with van der Waals surface area (Å²) in [5.41, 5.74) is 0.672. The van der Waals surface area contributed by atoms with Crippen molar-refractivity contribution >= 4 is 29.1 Å². The van der Waals surface area contributed by atoms with Crippen molar-refractivity contribution in [2.45, 2.75) is 18.6 Å².